The third-order valence-electron chi connectivity index (χ3n) is 0. The summed E-state index contributed by atoms with van der Waals surface area (Å²) in [5.41, 5.74) is 0. The fourth-order valence-corrected chi connectivity index (χ4v) is 0. The third kappa shape index (κ3) is 118. The summed E-state index contributed by atoms with van der Waals surface area (Å²) in [5, 5.41) is 0. The molecule has 0 saturated carbocycles. The summed E-state index contributed by atoms with van der Waals surface area (Å²) in [7, 11) is 0. The van der Waals surface area contributed by atoms with E-state index in [1.165, 1.54) is 0 Å². The van der Waals surface area contributed by atoms with Crippen LogP contribution in [-0.4, -0.2) is 0 Å². The van der Waals surface area contributed by atoms with Crippen LogP contribution in [0, 0.1) is 0 Å². The molecule has 0 aromatic heterocycles. The number of hydrogen-bond donors (Lipinski definition) is 0. The maximum absolute atomic E-state index is 0. The summed E-state index contributed by atoms with van der Waals surface area (Å²) in [4.78, 5) is 0. The van der Waals surface area contributed by atoms with E-state index in [4.69, 9.17) is 0 Å². The first-order valence-corrected chi connectivity index (χ1v) is 0. The molecule has 0 amide bonds. The Morgan fingerprint density at radius 1 is 0.231 bits per heavy atom. The van der Waals surface area contributed by atoms with Gasteiger partial charge in [0.05, 0.1) is 0 Å². The van der Waals surface area contributed by atoms with Gasteiger partial charge in [0.25, 0.3) is 0 Å². The zero-order valence-corrected chi connectivity index (χ0v) is 23.0. The molecule has 0 aliphatic heterocycles. The van der Waals surface area contributed by atoms with E-state index in [1.807, 2.05) is 0 Å². The molecule has 13 heavy (non-hydrogen) atoms. The van der Waals surface area contributed by atoms with Crippen LogP contribution in [0.3, 0.4) is 0 Å². The monoisotopic (exact) mass is 420 g/mol. The minimum Gasteiger partial charge on any atom is -1.00 e. The van der Waals surface area contributed by atoms with Crippen molar-refractivity contribution in [3.8, 4) is 0 Å². The van der Waals surface area contributed by atoms with Crippen molar-refractivity contribution in [2.24, 2.45) is 0 Å². The summed E-state index contributed by atoms with van der Waals surface area (Å²) in [5.74, 6) is 0. The van der Waals surface area contributed by atoms with E-state index in [9.17, 15) is 0 Å². The topological polar surface area (TPSA) is 0 Å². The molecular weight excluding hydrogens is 411 g/mol. The number of rotatable bonds is 0. The Labute approximate surface area is 230 Å². The van der Waals surface area contributed by atoms with E-state index < -0.39 is 0 Å². The summed E-state index contributed by atoms with van der Waals surface area (Å²) in [6.45, 7) is 0. The van der Waals surface area contributed by atoms with Gasteiger partial charge in [0.2, 0.25) is 0 Å². The van der Waals surface area contributed by atoms with Crippen molar-refractivity contribution in [3.05, 3.63) is 0 Å². The molecule has 0 aromatic rings. The third-order valence-corrected chi connectivity index (χ3v) is 0. The van der Waals surface area contributed by atoms with Crippen molar-refractivity contribution in [2.75, 3.05) is 0 Å². The molecule has 0 N–H and O–H groups in total. The van der Waals surface area contributed by atoms with Crippen LogP contribution in [0.1, 0.15) is 5.71 Å². The SMILES string of the molecule is Cl.Cl.Cl.Cl.Cl.Cl.Cl.Cl.Cl.[H-].[H-].[H-].[H-].[Na+].[Na+].[Na+].[Na+]. The van der Waals surface area contributed by atoms with Gasteiger partial charge in [0.15, 0.2) is 0 Å². The van der Waals surface area contributed by atoms with Crippen LogP contribution in [0.5, 0.6) is 0 Å². The van der Waals surface area contributed by atoms with Crippen LogP contribution in [0.25, 0.3) is 0 Å². The van der Waals surface area contributed by atoms with Crippen LogP contribution in [-0.2, 0) is 0 Å². The predicted octanol–water partition coefficient (Wildman–Crippen LogP) is -7.74. The Kier molecular flexibility index (Phi) is 1580. The van der Waals surface area contributed by atoms with Crippen molar-refractivity contribution in [1.29, 1.82) is 0 Å². The van der Waals surface area contributed by atoms with E-state index in [1.54, 1.807) is 0 Å². The van der Waals surface area contributed by atoms with Crippen molar-refractivity contribution < 1.29 is 124 Å². The molecular formula is H13Cl9Na4. The van der Waals surface area contributed by atoms with Crippen molar-refractivity contribution in [1.82, 2.24) is 0 Å². The molecule has 0 nitrogen and oxygen atoms in total. The zero-order valence-electron chi connectivity index (χ0n) is 11.7. The van der Waals surface area contributed by atoms with E-state index in [2.05, 4.69) is 0 Å². The first kappa shape index (κ1) is 155. The van der Waals surface area contributed by atoms with Gasteiger partial charge >= 0.3 is 118 Å². The van der Waals surface area contributed by atoms with Crippen molar-refractivity contribution >= 4 is 112 Å². The Balaban J connectivity index is 0. The summed E-state index contributed by atoms with van der Waals surface area (Å²) < 4.78 is 0. The Hall–Kier alpha value is 6.61. The summed E-state index contributed by atoms with van der Waals surface area (Å²) in [6.07, 6.45) is 0. The van der Waals surface area contributed by atoms with E-state index in [0.717, 1.165) is 0 Å². The van der Waals surface area contributed by atoms with Gasteiger partial charge in [-0.1, -0.05) is 0 Å². The molecule has 0 unspecified atom stereocenters. The van der Waals surface area contributed by atoms with Gasteiger partial charge in [-0.25, -0.2) is 0 Å². The fraction of sp³-hybridized carbons (Fsp3) is 0. The average molecular weight is 424 g/mol. The second-order valence-electron chi connectivity index (χ2n) is 0. The fourth-order valence-electron chi connectivity index (χ4n) is 0. The molecule has 0 radical (unpaired) electrons. The van der Waals surface area contributed by atoms with Gasteiger partial charge in [-0.15, -0.1) is 112 Å². The molecule has 0 heterocycles. The van der Waals surface area contributed by atoms with Gasteiger partial charge in [-0.05, 0) is 0 Å². The molecule has 0 aliphatic carbocycles. The van der Waals surface area contributed by atoms with Crippen LogP contribution in [0.15, 0.2) is 0 Å². The normalized spacial score (nSPS) is 0. The minimum atomic E-state index is 0. The van der Waals surface area contributed by atoms with Gasteiger partial charge in [0.1, 0.15) is 0 Å². The predicted molar refractivity (Wildman–Crippen MR) is 69.7 cm³/mol. The van der Waals surface area contributed by atoms with E-state index >= 15 is 0 Å². The van der Waals surface area contributed by atoms with Crippen LogP contribution in [0.2, 0.25) is 0 Å². The number of halogens is 9. The quantitative estimate of drug-likeness (QED) is 0.339. The second kappa shape index (κ2) is 132. The maximum atomic E-state index is 0. The second-order valence-corrected chi connectivity index (χ2v) is 0. The van der Waals surface area contributed by atoms with Crippen LogP contribution >= 0.6 is 112 Å². The Morgan fingerprint density at radius 3 is 0.231 bits per heavy atom. The van der Waals surface area contributed by atoms with E-state index in [0.29, 0.717) is 0 Å². The molecule has 0 aliphatic rings. The van der Waals surface area contributed by atoms with Crippen molar-refractivity contribution in [3.63, 3.8) is 0 Å². The number of hydrogen-bond acceptors (Lipinski definition) is 0. The molecule has 80 valence electrons. The average Bonchev–Trinajstić information content (AvgIpc) is 0. The first-order valence-electron chi connectivity index (χ1n) is 0. The van der Waals surface area contributed by atoms with Gasteiger partial charge in [-0.3, -0.25) is 0 Å². The van der Waals surface area contributed by atoms with Crippen LogP contribution < -0.4 is 118 Å². The largest absolute Gasteiger partial charge is 1.00 e. The summed E-state index contributed by atoms with van der Waals surface area (Å²) in [6, 6.07) is 0. The zero-order chi connectivity index (χ0) is 0. The molecule has 0 rings (SSSR count). The maximum Gasteiger partial charge on any atom is 1.00 e. The molecule has 0 saturated heterocycles. The Bertz CT molecular complexity index is 25.0. The first-order chi connectivity index (χ1) is 0. The van der Waals surface area contributed by atoms with E-state index in [-0.39, 0.29) is 236 Å². The van der Waals surface area contributed by atoms with Crippen LogP contribution in [0.4, 0.5) is 0 Å². The van der Waals surface area contributed by atoms with Gasteiger partial charge < -0.3 is 5.71 Å². The molecule has 0 atom stereocenters. The van der Waals surface area contributed by atoms with Gasteiger partial charge in [-0.2, -0.15) is 0 Å². The summed E-state index contributed by atoms with van der Waals surface area (Å²) >= 11 is 0. The van der Waals surface area contributed by atoms with Crippen molar-refractivity contribution in [2.45, 2.75) is 0 Å². The Morgan fingerprint density at radius 2 is 0.231 bits per heavy atom. The molecule has 0 aromatic carbocycles. The molecule has 13 heteroatoms. The standard InChI is InChI=1S/9ClH.4Na.4H/h9*1H;;;;;;;;/q;;;;;;;;;4*+1;4*-1. The van der Waals surface area contributed by atoms with Gasteiger partial charge in [0, 0.05) is 0 Å². The molecule has 0 spiro atoms. The molecule has 0 fully saturated rings. The smallest absolute Gasteiger partial charge is 1.00 e. The minimum absolute atomic E-state index is 0. The molecule has 0 bridgehead atoms.